The molecule has 0 aliphatic carbocycles. The molecule has 34 heavy (non-hydrogen) atoms. The molecular formula is C26H29ClF3NO3. The Balaban J connectivity index is 1.54. The lowest BCUT2D eigenvalue weighted by molar-refractivity contribution is -0.274. The van der Waals surface area contributed by atoms with Crippen molar-refractivity contribution < 1.29 is 27.5 Å². The molecule has 0 bridgehead atoms. The molecule has 1 saturated heterocycles. The Hall–Kier alpha value is -2.54. The van der Waals surface area contributed by atoms with Gasteiger partial charge in [-0.25, -0.2) is 0 Å². The van der Waals surface area contributed by atoms with Crippen molar-refractivity contribution in [3.05, 3.63) is 64.7 Å². The van der Waals surface area contributed by atoms with Crippen molar-refractivity contribution >= 4 is 23.3 Å². The summed E-state index contributed by atoms with van der Waals surface area (Å²) in [6.07, 6.45) is -2.48. The first kappa shape index (κ1) is 26.1. The molecule has 0 radical (unpaired) electrons. The number of nitrogens with zero attached hydrogens (tertiary/aromatic N) is 1. The molecule has 1 aliphatic rings. The zero-order valence-corrected chi connectivity index (χ0v) is 20.0. The van der Waals surface area contributed by atoms with E-state index in [0.29, 0.717) is 36.0 Å². The minimum atomic E-state index is -4.78. The van der Waals surface area contributed by atoms with Gasteiger partial charge in [0.1, 0.15) is 5.75 Å². The maximum Gasteiger partial charge on any atom is 0.573 e. The number of ether oxygens (including phenoxy) is 1. The highest BCUT2D eigenvalue weighted by Gasteiger charge is 2.32. The van der Waals surface area contributed by atoms with Crippen molar-refractivity contribution in [2.45, 2.75) is 51.8 Å². The van der Waals surface area contributed by atoms with Crippen LogP contribution < -0.4 is 4.74 Å². The fourth-order valence-electron chi connectivity index (χ4n) is 4.42. The predicted octanol–water partition coefficient (Wildman–Crippen LogP) is 6.88. The highest BCUT2D eigenvalue weighted by atomic mass is 35.5. The highest BCUT2D eigenvalue weighted by molar-refractivity contribution is 6.30. The molecule has 1 atom stereocenters. The molecule has 1 aliphatic heterocycles. The number of Topliss-reactive ketones (excluding diaryl/α,β-unsaturated/α-hetero) is 1. The van der Waals surface area contributed by atoms with E-state index in [0.717, 1.165) is 25.0 Å². The molecule has 3 rings (SSSR count). The Morgan fingerprint density at radius 2 is 1.62 bits per heavy atom. The van der Waals surface area contributed by atoms with Crippen LogP contribution in [-0.4, -0.2) is 36.0 Å². The zero-order valence-electron chi connectivity index (χ0n) is 19.3. The Bertz CT molecular complexity index is 966. The van der Waals surface area contributed by atoms with Gasteiger partial charge in [-0.2, -0.15) is 0 Å². The van der Waals surface area contributed by atoms with Gasteiger partial charge in [0.05, 0.1) is 0 Å². The predicted molar refractivity (Wildman–Crippen MR) is 125 cm³/mol. The molecule has 8 heteroatoms. The minimum absolute atomic E-state index is 0.0614. The molecule has 1 amide bonds. The van der Waals surface area contributed by atoms with Gasteiger partial charge in [-0.05, 0) is 73.1 Å². The molecule has 2 aromatic carbocycles. The summed E-state index contributed by atoms with van der Waals surface area (Å²) in [5.41, 5.74) is 1.53. The lowest BCUT2D eigenvalue weighted by Gasteiger charge is -2.35. The van der Waals surface area contributed by atoms with Gasteiger partial charge in [-0.3, -0.25) is 9.59 Å². The number of carbonyl (C=O) groups is 2. The van der Waals surface area contributed by atoms with Crippen molar-refractivity contribution in [3.63, 3.8) is 0 Å². The largest absolute Gasteiger partial charge is 0.573 e. The average Bonchev–Trinajstić information content (AvgIpc) is 2.79. The van der Waals surface area contributed by atoms with Crippen molar-refractivity contribution in [1.29, 1.82) is 0 Å². The number of halogens is 4. The number of piperidine rings is 1. The van der Waals surface area contributed by atoms with Gasteiger partial charge in [0.15, 0.2) is 5.78 Å². The standard InChI is InChI=1S/C26H29ClF3NO3/c1-17(2)23(11-12-24(32)20-5-9-22(10-6-20)34-26(28,29)30)25(33)31-15-13-19(14-16-31)18-3-7-21(27)8-4-18/h3-10,17,19,23H,11-16H2,1-2H3. The zero-order chi connectivity index (χ0) is 24.9. The van der Waals surface area contributed by atoms with Gasteiger partial charge in [0.2, 0.25) is 5.91 Å². The van der Waals surface area contributed by atoms with Crippen LogP contribution in [0.1, 0.15) is 61.4 Å². The molecular weight excluding hydrogens is 467 g/mol. The van der Waals surface area contributed by atoms with E-state index in [-0.39, 0.29) is 35.7 Å². The summed E-state index contributed by atoms with van der Waals surface area (Å²) >= 11 is 5.98. The van der Waals surface area contributed by atoms with Crippen LogP contribution in [0.15, 0.2) is 48.5 Å². The Labute approximate surface area is 203 Å². The highest BCUT2D eigenvalue weighted by Crippen LogP contribution is 2.31. The number of hydrogen-bond acceptors (Lipinski definition) is 3. The van der Waals surface area contributed by atoms with Crippen molar-refractivity contribution in [2.24, 2.45) is 11.8 Å². The number of alkyl halides is 3. The third-order valence-corrected chi connectivity index (χ3v) is 6.61. The summed E-state index contributed by atoms with van der Waals surface area (Å²) in [7, 11) is 0. The number of benzene rings is 2. The first-order chi connectivity index (χ1) is 16.0. The molecule has 4 nitrogen and oxygen atoms in total. The molecule has 1 heterocycles. The summed E-state index contributed by atoms with van der Waals surface area (Å²) in [4.78, 5) is 27.7. The number of carbonyl (C=O) groups excluding carboxylic acids is 2. The van der Waals surface area contributed by atoms with Gasteiger partial charge >= 0.3 is 6.36 Å². The summed E-state index contributed by atoms with van der Waals surface area (Å²) in [6.45, 7) is 5.28. The molecule has 184 valence electrons. The van der Waals surface area contributed by atoms with Crippen LogP contribution in [0, 0.1) is 11.8 Å². The monoisotopic (exact) mass is 495 g/mol. The van der Waals surface area contributed by atoms with Crippen molar-refractivity contribution in [2.75, 3.05) is 13.1 Å². The fraction of sp³-hybridized carbons (Fsp3) is 0.462. The maximum atomic E-state index is 13.2. The van der Waals surface area contributed by atoms with Crippen LogP contribution in [0.5, 0.6) is 5.75 Å². The summed E-state index contributed by atoms with van der Waals surface area (Å²) in [5, 5.41) is 0.705. The van der Waals surface area contributed by atoms with E-state index in [2.05, 4.69) is 4.74 Å². The number of amides is 1. The quantitative estimate of drug-likeness (QED) is 0.375. The molecule has 2 aromatic rings. The molecule has 0 N–H and O–H groups in total. The molecule has 0 aromatic heterocycles. The lowest BCUT2D eigenvalue weighted by atomic mass is 9.85. The fourth-order valence-corrected chi connectivity index (χ4v) is 4.54. The van der Waals surface area contributed by atoms with Crippen molar-refractivity contribution in [3.8, 4) is 5.75 Å². The third kappa shape index (κ3) is 7.23. The Morgan fingerprint density at radius 1 is 1.03 bits per heavy atom. The van der Waals surface area contributed by atoms with Crippen LogP contribution in [0.25, 0.3) is 0 Å². The third-order valence-electron chi connectivity index (χ3n) is 6.36. The van der Waals surface area contributed by atoms with Gasteiger partial charge in [0.25, 0.3) is 0 Å². The average molecular weight is 496 g/mol. The lowest BCUT2D eigenvalue weighted by Crippen LogP contribution is -2.42. The number of hydrogen-bond donors (Lipinski definition) is 0. The SMILES string of the molecule is CC(C)C(CCC(=O)c1ccc(OC(F)(F)F)cc1)C(=O)N1CCC(c2ccc(Cl)cc2)CC1. The van der Waals surface area contributed by atoms with E-state index in [4.69, 9.17) is 11.6 Å². The van der Waals surface area contributed by atoms with Crippen molar-refractivity contribution in [1.82, 2.24) is 4.90 Å². The number of likely N-dealkylation sites (tertiary alicyclic amines) is 1. The van der Waals surface area contributed by atoms with E-state index in [1.807, 2.05) is 43.0 Å². The van der Waals surface area contributed by atoms with Gasteiger partial charge in [0, 0.05) is 36.0 Å². The van der Waals surface area contributed by atoms with E-state index in [1.54, 1.807) is 0 Å². The van der Waals surface area contributed by atoms with Crippen LogP contribution >= 0.6 is 11.6 Å². The Morgan fingerprint density at radius 3 is 2.15 bits per heavy atom. The first-order valence-corrected chi connectivity index (χ1v) is 11.8. The topological polar surface area (TPSA) is 46.6 Å². The van der Waals surface area contributed by atoms with Crippen LogP contribution in [0.3, 0.4) is 0 Å². The second-order valence-corrected chi connectivity index (χ2v) is 9.47. The van der Waals surface area contributed by atoms with Gasteiger partial charge < -0.3 is 9.64 Å². The molecule has 0 spiro atoms. The van der Waals surface area contributed by atoms with E-state index < -0.39 is 6.36 Å². The van der Waals surface area contributed by atoms with Crippen LogP contribution in [0.4, 0.5) is 13.2 Å². The van der Waals surface area contributed by atoms with Gasteiger partial charge in [-0.15, -0.1) is 13.2 Å². The van der Waals surface area contributed by atoms with E-state index in [9.17, 15) is 22.8 Å². The van der Waals surface area contributed by atoms with E-state index >= 15 is 0 Å². The second-order valence-electron chi connectivity index (χ2n) is 9.04. The number of rotatable bonds is 8. The molecule has 0 saturated carbocycles. The van der Waals surface area contributed by atoms with E-state index in [1.165, 1.54) is 17.7 Å². The number of ketones is 1. The van der Waals surface area contributed by atoms with Gasteiger partial charge in [-0.1, -0.05) is 37.6 Å². The Kier molecular flexibility index (Phi) is 8.63. The maximum absolute atomic E-state index is 13.2. The summed E-state index contributed by atoms with van der Waals surface area (Å²) in [5.74, 6) is -0.351. The van der Waals surface area contributed by atoms with Crippen LogP contribution in [-0.2, 0) is 4.79 Å². The molecule has 1 unspecified atom stereocenters. The smallest absolute Gasteiger partial charge is 0.406 e. The first-order valence-electron chi connectivity index (χ1n) is 11.5. The normalized spacial score (nSPS) is 15.9. The summed E-state index contributed by atoms with van der Waals surface area (Å²) < 4.78 is 40.8. The summed E-state index contributed by atoms with van der Waals surface area (Å²) in [6, 6.07) is 12.7. The molecule has 1 fully saturated rings. The second kappa shape index (κ2) is 11.3. The van der Waals surface area contributed by atoms with Crippen LogP contribution in [0.2, 0.25) is 5.02 Å². The minimum Gasteiger partial charge on any atom is -0.406 e.